The molecule has 0 spiro atoms. The van der Waals surface area contributed by atoms with Gasteiger partial charge in [0.15, 0.2) is 0 Å². The topological polar surface area (TPSA) is 71.2 Å². The number of aryl methyl sites for hydroxylation is 1. The molecule has 0 saturated carbocycles. The van der Waals surface area contributed by atoms with E-state index in [9.17, 15) is 9.18 Å². The van der Waals surface area contributed by atoms with E-state index in [-0.39, 0.29) is 17.9 Å². The number of carbonyl (C=O) groups is 1. The summed E-state index contributed by atoms with van der Waals surface area (Å²) in [7, 11) is 2.99. The number of nitriles is 1. The third-order valence-electron chi connectivity index (χ3n) is 3.53. The van der Waals surface area contributed by atoms with E-state index in [1.165, 1.54) is 24.3 Å². The average Bonchev–Trinajstić information content (AvgIpc) is 2.99. The first-order valence-corrected chi connectivity index (χ1v) is 7.03. The molecular weight excluding hydrogens is 299 g/mol. The highest BCUT2D eigenvalue weighted by molar-refractivity contribution is 5.74. The van der Waals surface area contributed by atoms with Crippen molar-refractivity contribution in [3.63, 3.8) is 0 Å². The molecule has 1 heterocycles. The van der Waals surface area contributed by atoms with Crippen LogP contribution in [0.4, 0.5) is 4.39 Å². The van der Waals surface area contributed by atoms with Gasteiger partial charge in [0.05, 0.1) is 19.0 Å². The Hall–Kier alpha value is -2.72. The van der Waals surface area contributed by atoms with Gasteiger partial charge < -0.3 is 4.57 Å². The first kappa shape index (κ1) is 16.6. The minimum absolute atomic E-state index is 0.0211. The fourth-order valence-electron chi connectivity index (χ4n) is 2.14. The molecular formula is C16H17FN4O2. The van der Waals surface area contributed by atoms with Gasteiger partial charge in [-0.3, -0.25) is 9.63 Å². The molecule has 2 rings (SSSR count). The van der Waals surface area contributed by atoms with Crippen molar-refractivity contribution >= 4 is 5.91 Å². The van der Waals surface area contributed by atoms with Crippen LogP contribution in [0.15, 0.2) is 30.7 Å². The summed E-state index contributed by atoms with van der Waals surface area (Å²) >= 11 is 0. The van der Waals surface area contributed by atoms with Gasteiger partial charge in [0, 0.05) is 31.9 Å². The number of hydrogen-bond donors (Lipinski definition) is 0. The third-order valence-corrected chi connectivity index (χ3v) is 3.53. The number of benzene rings is 1. The zero-order valence-corrected chi connectivity index (χ0v) is 13.0. The van der Waals surface area contributed by atoms with Crippen LogP contribution in [0.2, 0.25) is 0 Å². The van der Waals surface area contributed by atoms with Crippen LogP contribution < -0.4 is 0 Å². The molecule has 0 aliphatic rings. The smallest absolute Gasteiger partial charge is 0.246 e. The predicted molar refractivity (Wildman–Crippen MR) is 80.5 cm³/mol. The van der Waals surface area contributed by atoms with Gasteiger partial charge in [-0.05, 0) is 24.1 Å². The van der Waals surface area contributed by atoms with Crippen molar-refractivity contribution in [1.82, 2.24) is 14.6 Å². The molecule has 23 heavy (non-hydrogen) atoms. The molecule has 0 saturated heterocycles. The summed E-state index contributed by atoms with van der Waals surface area (Å²) in [6, 6.07) is 6.29. The van der Waals surface area contributed by atoms with E-state index in [0.717, 1.165) is 11.3 Å². The van der Waals surface area contributed by atoms with Crippen LogP contribution in [-0.2, 0) is 22.6 Å². The Morgan fingerprint density at radius 2 is 2.30 bits per heavy atom. The summed E-state index contributed by atoms with van der Waals surface area (Å²) in [5, 5.41) is 9.92. The van der Waals surface area contributed by atoms with E-state index >= 15 is 0 Å². The Labute approximate surface area is 133 Å². The van der Waals surface area contributed by atoms with E-state index in [1.807, 2.05) is 4.57 Å². The molecule has 1 amide bonds. The first-order chi connectivity index (χ1) is 11.0. The number of imidazole rings is 1. The molecule has 6 nitrogen and oxygen atoms in total. The second kappa shape index (κ2) is 7.51. The maximum Gasteiger partial charge on any atom is 0.246 e. The standard InChI is InChI=1S/C16H17FN4O2/c1-20(23-2)16(22)6-5-14-9-19-11-21(14)10-12-3-4-13(8-18)15(17)7-12/h3-4,7,9,11H,5-6,10H2,1-2H3. The maximum atomic E-state index is 13.6. The summed E-state index contributed by atoms with van der Waals surface area (Å²) in [5.41, 5.74) is 1.61. The van der Waals surface area contributed by atoms with E-state index in [2.05, 4.69) is 4.98 Å². The van der Waals surface area contributed by atoms with Gasteiger partial charge in [0.1, 0.15) is 11.9 Å². The molecule has 0 N–H and O–H groups in total. The molecule has 7 heteroatoms. The fourth-order valence-corrected chi connectivity index (χ4v) is 2.14. The summed E-state index contributed by atoms with van der Waals surface area (Å²) in [6.45, 7) is 0.423. The lowest BCUT2D eigenvalue weighted by atomic mass is 10.1. The molecule has 0 radical (unpaired) electrons. The Bertz CT molecular complexity index is 736. The molecule has 0 aliphatic heterocycles. The van der Waals surface area contributed by atoms with Crippen molar-refractivity contribution in [1.29, 1.82) is 5.26 Å². The van der Waals surface area contributed by atoms with Crippen molar-refractivity contribution in [3.8, 4) is 6.07 Å². The second-order valence-electron chi connectivity index (χ2n) is 5.01. The van der Waals surface area contributed by atoms with Crippen LogP contribution in [0.3, 0.4) is 0 Å². The summed E-state index contributed by atoms with van der Waals surface area (Å²) in [4.78, 5) is 20.7. The molecule has 0 atom stereocenters. The van der Waals surface area contributed by atoms with Crippen molar-refractivity contribution < 1.29 is 14.0 Å². The summed E-state index contributed by atoms with van der Waals surface area (Å²) in [6.07, 6.45) is 4.11. The number of hydrogen-bond acceptors (Lipinski definition) is 4. The van der Waals surface area contributed by atoms with E-state index < -0.39 is 5.82 Å². The molecule has 120 valence electrons. The van der Waals surface area contributed by atoms with E-state index in [0.29, 0.717) is 13.0 Å². The molecule has 0 bridgehead atoms. The third kappa shape index (κ3) is 4.14. The van der Waals surface area contributed by atoms with Crippen molar-refractivity contribution in [2.45, 2.75) is 19.4 Å². The first-order valence-electron chi connectivity index (χ1n) is 7.03. The largest absolute Gasteiger partial charge is 0.330 e. The van der Waals surface area contributed by atoms with Crippen LogP contribution in [0, 0.1) is 17.1 Å². The quantitative estimate of drug-likeness (QED) is 0.763. The molecule has 0 unspecified atom stereocenters. The van der Waals surface area contributed by atoms with Gasteiger partial charge in [-0.1, -0.05) is 6.07 Å². The lowest BCUT2D eigenvalue weighted by Crippen LogP contribution is -2.25. The molecule has 0 fully saturated rings. The highest BCUT2D eigenvalue weighted by atomic mass is 19.1. The monoisotopic (exact) mass is 316 g/mol. The van der Waals surface area contributed by atoms with Crippen LogP contribution in [0.5, 0.6) is 0 Å². The minimum atomic E-state index is -0.538. The van der Waals surface area contributed by atoms with Gasteiger partial charge in [0.2, 0.25) is 5.91 Å². The van der Waals surface area contributed by atoms with Gasteiger partial charge in [-0.25, -0.2) is 14.4 Å². The van der Waals surface area contributed by atoms with Crippen LogP contribution >= 0.6 is 0 Å². The normalized spacial score (nSPS) is 10.3. The van der Waals surface area contributed by atoms with Gasteiger partial charge in [-0.2, -0.15) is 5.26 Å². The van der Waals surface area contributed by atoms with Crippen LogP contribution in [0.25, 0.3) is 0 Å². The number of hydroxylamine groups is 2. The zero-order valence-electron chi connectivity index (χ0n) is 13.0. The maximum absolute atomic E-state index is 13.6. The molecule has 1 aromatic carbocycles. The number of aromatic nitrogens is 2. The highest BCUT2D eigenvalue weighted by Gasteiger charge is 2.11. The average molecular weight is 316 g/mol. The van der Waals surface area contributed by atoms with Crippen LogP contribution in [0.1, 0.15) is 23.2 Å². The Morgan fingerprint density at radius 1 is 1.52 bits per heavy atom. The lowest BCUT2D eigenvalue weighted by Gasteiger charge is -2.14. The van der Waals surface area contributed by atoms with E-state index in [4.69, 9.17) is 10.1 Å². The predicted octanol–water partition coefficient (Wildman–Crippen LogP) is 1.89. The number of halogens is 1. The summed E-state index contributed by atoms with van der Waals surface area (Å²) in [5.74, 6) is -0.673. The van der Waals surface area contributed by atoms with Gasteiger partial charge >= 0.3 is 0 Å². The van der Waals surface area contributed by atoms with Gasteiger partial charge in [0.25, 0.3) is 0 Å². The number of nitrogens with zero attached hydrogens (tertiary/aromatic N) is 4. The van der Waals surface area contributed by atoms with E-state index in [1.54, 1.807) is 31.7 Å². The lowest BCUT2D eigenvalue weighted by molar-refractivity contribution is -0.168. The summed E-state index contributed by atoms with van der Waals surface area (Å²) < 4.78 is 15.5. The molecule has 2 aromatic rings. The molecule has 1 aromatic heterocycles. The number of carbonyl (C=O) groups excluding carboxylic acids is 1. The minimum Gasteiger partial charge on any atom is -0.330 e. The Balaban J connectivity index is 2.05. The SMILES string of the molecule is CON(C)C(=O)CCc1cncn1Cc1ccc(C#N)c(F)c1. The Kier molecular flexibility index (Phi) is 5.44. The fraction of sp³-hybridized carbons (Fsp3) is 0.312. The van der Waals surface area contributed by atoms with Crippen LogP contribution in [-0.4, -0.2) is 34.7 Å². The number of amides is 1. The zero-order chi connectivity index (χ0) is 16.8. The number of rotatable bonds is 6. The van der Waals surface area contributed by atoms with Gasteiger partial charge in [-0.15, -0.1) is 0 Å². The van der Waals surface area contributed by atoms with Crippen molar-refractivity contribution in [3.05, 3.63) is 53.4 Å². The second-order valence-corrected chi connectivity index (χ2v) is 5.01. The highest BCUT2D eigenvalue weighted by Crippen LogP contribution is 2.13. The molecule has 0 aliphatic carbocycles. The van der Waals surface area contributed by atoms with Crippen molar-refractivity contribution in [2.75, 3.05) is 14.2 Å². The Morgan fingerprint density at radius 3 is 2.96 bits per heavy atom. The van der Waals surface area contributed by atoms with Crippen molar-refractivity contribution in [2.24, 2.45) is 0 Å².